The molecule has 0 N–H and O–H groups in total. The Morgan fingerprint density at radius 3 is 2.59 bits per heavy atom. The second-order valence-electron chi connectivity index (χ2n) is 5.63. The molecule has 0 aromatic heterocycles. The molecular weight excluding hydrogens is 258 g/mol. The van der Waals surface area contributed by atoms with Gasteiger partial charge in [-0.2, -0.15) is 0 Å². The molecule has 0 bridgehead atoms. The van der Waals surface area contributed by atoms with Crippen LogP contribution in [0.15, 0.2) is 0 Å². The normalized spacial score (nSPS) is 26.7. The Kier molecular flexibility index (Phi) is 5.29. The van der Waals surface area contributed by atoms with Crippen molar-refractivity contribution >= 4 is 21.6 Å². The van der Waals surface area contributed by atoms with E-state index in [0.29, 0.717) is 24.9 Å². The van der Waals surface area contributed by atoms with Gasteiger partial charge in [0.15, 0.2) is 0 Å². The summed E-state index contributed by atoms with van der Waals surface area (Å²) in [6.07, 6.45) is 5.47. The Hall–Kier alpha value is 0.200. The molecule has 0 aromatic rings. The molecule has 0 aromatic carbocycles. The van der Waals surface area contributed by atoms with E-state index in [2.05, 4.69) is 13.8 Å². The van der Waals surface area contributed by atoms with Crippen molar-refractivity contribution in [3.63, 3.8) is 0 Å². The molecule has 0 aliphatic carbocycles. The molecule has 0 amide bonds. The highest BCUT2D eigenvalue weighted by atomic mass is 35.5. The van der Waals surface area contributed by atoms with E-state index in [1.165, 1.54) is 6.26 Å². The van der Waals surface area contributed by atoms with Crippen molar-refractivity contribution in [1.82, 2.24) is 4.31 Å². The smallest absolute Gasteiger partial charge is 0.211 e. The van der Waals surface area contributed by atoms with Gasteiger partial charge >= 0.3 is 0 Å². The van der Waals surface area contributed by atoms with Crippen LogP contribution in [0, 0.1) is 11.3 Å². The number of rotatable bonds is 5. The Bertz CT molecular complexity index is 338. The third-order valence-electron chi connectivity index (χ3n) is 3.91. The molecule has 1 saturated heterocycles. The summed E-state index contributed by atoms with van der Waals surface area (Å²) in [5.74, 6) is 1.11. The summed E-state index contributed by atoms with van der Waals surface area (Å²) < 4.78 is 24.7. The highest BCUT2D eigenvalue weighted by molar-refractivity contribution is 7.88. The molecule has 5 heteroatoms. The van der Waals surface area contributed by atoms with Crippen LogP contribution in [-0.2, 0) is 10.0 Å². The second-order valence-corrected chi connectivity index (χ2v) is 7.88. The first kappa shape index (κ1) is 15.3. The average molecular weight is 282 g/mol. The predicted octanol–water partition coefficient (Wildman–Crippen LogP) is 2.70. The number of nitrogens with zero attached hydrogens (tertiary/aromatic N) is 1. The van der Waals surface area contributed by atoms with Crippen molar-refractivity contribution in [3.8, 4) is 0 Å². The maximum absolute atomic E-state index is 11.5. The first-order valence-electron chi connectivity index (χ1n) is 6.32. The van der Waals surface area contributed by atoms with Crippen LogP contribution in [0.25, 0.3) is 0 Å². The largest absolute Gasteiger partial charge is 0.213 e. The lowest BCUT2D eigenvalue weighted by atomic mass is 9.78. The van der Waals surface area contributed by atoms with Crippen molar-refractivity contribution in [2.45, 2.75) is 39.5 Å². The van der Waals surface area contributed by atoms with Gasteiger partial charge in [-0.25, -0.2) is 12.7 Å². The molecular formula is C12H24ClNO2S. The van der Waals surface area contributed by atoms with Gasteiger partial charge in [0.05, 0.1) is 6.26 Å². The number of hydrogen-bond donors (Lipinski definition) is 0. The minimum atomic E-state index is -3.03. The number of halogens is 1. The molecule has 1 fully saturated rings. The zero-order valence-electron chi connectivity index (χ0n) is 11.1. The van der Waals surface area contributed by atoms with E-state index < -0.39 is 10.0 Å². The molecule has 0 saturated carbocycles. The quantitative estimate of drug-likeness (QED) is 0.727. The van der Waals surface area contributed by atoms with Crippen LogP contribution in [0.4, 0.5) is 0 Å². The lowest BCUT2D eigenvalue weighted by Crippen LogP contribution is -2.40. The molecule has 0 spiro atoms. The highest BCUT2D eigenvalue weighted by Gasteiger charge is 2.31. The van der Waals surface area contributed by atoms with E-state index in [-0.39, 0.29) is 5.41 Å². The van der Waals surface area contributed by atoms with Crippen molar-refractivity contribution in [3.05, 3.63) is 0 Å². The fraction of sp³-hybridized carbons (Fsp3) is 1.00. The van der Waals surface area contributed by atoms with Crippen LogP contribution in [0.5, 0.6) is 0 Å². The summed E-state index contributed by atoms with van der Waals surface area (Å²) in [5, 5.41) is 0. The Morgan fingerprint density at radius 1 is 1.47 bits per heavy atom. The summed E-state index contributed by atoms with van der Waals surface area (Å²) in [6, 6.07) is 0. The van der Waals surface area contributed by atoms with Crippen molar-refractivity contribution in [1.29, 1.82) is 0 Å². The van der Waals surface area contributed by atoms with Gasteiger partial charge in [0, 0.05) is 19.0 Å². The molecule has 1 aliphatic heterocycles. The summed E-state index contributed by atoms with van der Waals surface area (Å²) in [6.45, 7) is 5.70. The third-order valence-corrected chi connectivity index (χ3v) is 5.82. The summed E-state index contributed by atoms with van der Waals surface area (Å²) in [4.78, 5) is 0. The van der Waals surface area contributed by atoms with Crippen LogP contribution in [-0.4, -0.2) is 37.9 Å². The molecule has 2 atom stereocenters. The SMILES string of the molecule is CCC(C)(CCl)CC1CCCN(S(C)(=O)=O)C1. The van der Waals surface area contributed by atoms with E-state index in [9.17, 15) is 8.42 Å². The molecule has 1 heterocycles. The third kappa shape index (κ3) is 4.42. The van der Waals surface area contributed by atoms with Gasteiger partial charge in [-0.1, -0.05) is 13.8 Å². The molecule has 2 unspecified atom stereocenters. The van der Waals surface area contributed by atoms with Crippen LogP contribution in [0.1, 0.15) is 39.5 Å². The maximum atomic E-state index is 11.5. The molecule has 1 rings (SSSR count). The first-order chi connectivity index (χ1) is 7.80. The molecule has 3 nitrogen and oxygen atoms in total. The molecule has 0 radical (unpaired) electrons. The second kappa shape index (κ2) is 5.89. The van der Waals surface area contributed by atoms with Gasteiger partial charge < -0.3 is 0 Å². The highest BCUT2D eigenvalue weighted by Crippen LogP contribution is 2.35. The van der Waals surface area contributed by atoms with Crippen molar-refractivity contribution < 1.29 is 8.42 Å². The van der Waals surface area contributed by atoms with Gasteiger partial charge in [0.2, 0.25) is 10.0 Å². The van der Waals surface area contributed by atoms with E-state index in [1.54, 1.807) is 4.31 Å². The first-order valence-corrected chi connectivity index (χ1v) is 8.70. The van der Waals surface area contributed by atoms with Crippen LogP contribution in [0.2, 0.25) is 0 Å². The minimum Gasteiger partial charge on any atom is -0.213 e. The van der Waals surface area contributed by atoms with E-state index in [0.717, 1.165) is 25.7 Å². The van der Waals surface area contributed by atoms with Gasteiger partial charge in [-0.05, 0) is 37.0 Å². The fourth-order valence-electron chi connectivity index (χ4n) is 2.49. The van der Waals surface area contributed by atoms with Crippen molar-refractivity contribution in [2.75, 3.05) is 25.2 Å². The summed E-state index contributed by atoms with van der Waals surface area (Å²) in [7, 11) is -3.03. The summed E-state index contributed by atoms with van der Waals surface area (Å²) in [5.41, 5.74) is 0.146. The lowest BCUT2D eigenvalue weighted by molar-refractivity contribution is 0.188. The molecule has 102 valence electrons. The predicted molar refractivity (Wildman–Crippen MR) is 72.9 cm³/mol. The monoisotopic (exact) mass is 281 g/mol. The Morgan fingerprint density at radius 2 is 2.12 bits per heavy atom. The number of alkyl halides is 1. The minimum absolute atomic E-state index is 0.146. The molecule has 17 heavy (non-hydrogen) atoms. The topological polar surface area (TPSA) is 37.4 Å². The Labute approximate surface area is 111 Å². The van der Waals surface area contributed by atoms with Crippen LogP contribution < -0.4 is 0 Å². The zero-order chi connectivity index (χ0) is 13.1. The number of sulfonamides is 1. The zero-order valence-corrected chi connectivity index (χ0v) is 12.6. The standard InChI is InChI=1S/C12H24ClNO2S/c1-4-12(2,10-13)8-11-6-5-7-14(9-11)17(3,15)16/h11H,4-10H2,1-3H3. The Balaban J connectivity index is 2.62. The van der Waals surface area contributed by atoms with Crippen LogP contribution in [0.3, 0.4) is 0 Å². The van der Waals surface area contributed by atoms with Gasteiger partial charge in [0.1, 0.15) is 0 Å². The average Bonchev–Trinajstić information content (AvgIpc) is 2.28. The van der Waals surface area contributed by atoms with E-state index in [4.69, 9.17) is 11.6 Å². The number of piperidine rings is 1. The van der Waals surface area contributed by atoms with E-state index in [1.807, 2.05) is 0 Å². The summed E-state index contributed by atoms with van der Waals surface area (Å²) >= 11 is 6.02. The molecule has 1 aliphatic rings. The van der Waals surface area contributed by atoms with E-state index >= 15 is 0 Å². The lowest BCUT2D eigenvalue weighted by Gasteiger charge is -2.36. The number of hydrogen-bond acceptors (Lipinski definition) is 2. The van der Waals surface area contributed by atoms with Crippen molar-refractivity contribution in [2.24, 2.45) is 11.3 Å². The van der Waals surface area contributed by atoms with Gasteiger partial charge in [0.25, 0.3) is 0 Å². The van der Waals surface area contributed by atoms with Crippen LogP contribution >= 0.6 is 11.6 Å². The van der Waals surface area contributed by atoms with Gasteiger partial charge in [-0.15, -0.1) is 11.6 Å². The fourth-order valence-corrected chi connectivity index (χ4v) is 3.73. The maximum Gasteiger partial charge on any atom is 0.211 e. The van der Waals surface area contributed by atoms with Gasteiger partial charge in [-0.3, -0.25) is 0 Å².